The van der Waals surface area contributed by atoms with Crippen LogP contribution in [-0.4, -0.2) is 68.3 Å². The molecule has 1 saturated heterocycles. The molecule has 0 aliphatic carbocycles. The third-order valence-corrected chi connectivity index (χ3v) is 3.84. The maximum absolute atomic E-state index is 6.05. The molecular weight excluding hydrogens is 238 g/mol. The average molecular weight is 271 g/mol. The van der Waals surface area contributed by atoms with Gasteiger partial charge in [0.2, 0.25) is 0 Å². The predicted octanol–water partition coefficient (Wildman–Crippen LogP) is 1.40. The first-order chi connectivity index (χ1) is 8.93. The van der Waals surface area contributed by atoms with Crippen molar-refractivity contribution >= 4 is 0 Å². The van der Waals surface area contributed by atoms with Crippen LogP contribution in [-0.2, 0) is 4.74 Å². The van der Waals surface area contributed by atoms with Gasteiger partial charge in [-0.3, -0.25) is 4.90 Å². The topological polar surface area (TPSA) is 41.7 Å². The Bertz CT molecular complexity index is 246. The van der Waals surface area contributed by atoms with Crippen molar-refractivity contribution in [2.45, 2.75) is 51.9 Å². The van der Waals surface area contributed by atoms with Crippen LogP contribution in [0.4, 0.5) is 0 Å². The van der Waals surface area contributed by atoms with E-state index >= 15 is 0 Å². The summed E-state index contributed by atoms with van der Waals surface area (Å²) in [6.45, 7) is 10.6. The molecule has 0 saturated carbocycles. The van der Waals surface area contributed by atoms with Crippen LogP contribution in [0, 0.1) is 5.92 Å². The van der Waals surface area contributed by atoms with Gasteiger partial charge in [-0.25, -0.2) is 0 Å². The smallest absolute Gasteiger partial charge is 0.0747 e. The fourth-order valence-electron chi connectivity index (χ4n) is 2.84. The van der Waals surface area contributed by atoms with Crippen molar-refractivity contribution in [2.75, 3.05) is 40.3 Å². The Labute approximate surface area is 119 Å². The van der Waals surface area contributed by atoms with Crippen LogP contribution in [0.1, 0.15) is 33.6 Å². The first-order valence-electron chi connectivity index (χ1n) is 7.68. The molecule has 0 spiro atoms. The van der Waals surface area contributed by atoms with Crippen LogP contribution in [0.2, 0.25) is 0 Å². The van der Waals surface area contributed by atoms with E-state index < -0.39 is 0 Å². The lowest BCUT2D eigenvalue weighted by Gasteiger charge is -2.36. The standard InChI is InChI=1S/C15H33N3O/c1-12(2)11-18(9-8-17(4)5)14(10-16)15-7-6-13(3)19-15/h12-15H,6-11,16H2,1-5H3. The third kappa shape index (κ3) is 5.78. The molecule has 3 unspecified atom stereocenters. The monoisotopic (exact) mass is 271 g/mol. The predicted molar refractivity (Wildman–Crippen MR) is 81.4 cm³/mol. The highest BCUT2D eigenvalue weighted by atomic mass is 16.5. The van der Waals surface area contributed by atoms with Crippen molar-refractivity contribution in [2.24, 2.45) is 11.7 Å². The SMILES string of the molecule is CC(C)CN(CCN(C)C)C(CN)C1CCC(C)O1. The van der Waals surface area contributed by atoms with Crippen LogP contribution >= 0.6 is 0 Å². The van der Waals surface area contributed by atoms with E-state index in [2.05, 4.69) is 44.7 Å². The zero-order chi connectivity index (χ0) is 14.4. The van der Waals surface area contributed by atoms with Gasteiger partial charge >= 0.3 is 0 Å². The highest BCUT2D eigenvalue weighted by Gasteiger charge is 2.32. The summed E-state index contributed by atoms with van der Waals surface area (Å²) in [5.41, 5.74) is 6.05. The summed E-state index contributed by atoms with van der Waals surface area (Å²) in [6, 6.07) is 0.368. The summed E-state index contributed by atoms with van der Waals surface area (Å²) in [4.78, 5) is 4.77. The molecule has 0 aromatic carbocycles. The molecule has 114 valence electrons. The van der Waals surface area contributed by atoms with Gasteiger partial charge in [-0.15, -0.1) is 0 Å². The lowest BCUT2D eigenvalue weighted by Crippen LogP contribution is -2.51. The number of hydrogen-bond acceptors (Lipinski definition) is 4. The minimum absolute atomic E-state index is 0.320. The Morgan fingerprint density at radius 1 is 1.21 bits per heavy atom. The second-order valence-electron chi connectivity index (χ2n) is 6.56. The maximum atomic E-state index is 6.05. The van der Waals surface area contributed by atoms with Crippen molar-refractivity contribution in [3.63, 3.8) is 0 Å². The lowest BCUT2D eigenvalue weighted by atomic mass is 10.0. The van der Waals surface area contributed by atoms with E-state index in [1.807, 2.05) is 0 Å². The van der Waals surface area contributed by atoms with E-state index in [4.69, 9.17) is 10.5 Å². The lowest BCUT2D eigenvalue weighted by molar-refractivity contribution is -0.00874. The summed E-state index contributed by atoms with van der Waals surface area (Å²) in [5, 5.41) is 0. The van der Waals surface area contributed by atoms with E-state index in [1.165, 1.54) is 6.42 Å². The van der Waals surface area contributed by atoms with Crippen LogP contribution in [0.25, 0.3) is 0 Å². The van der Waals surface area contributed by atoms with Crippen LogP contribution in [0.5, 0.6) is 0 Å². The molecule has 1 aliphatic heterocycles. The minimum atomic E-state index is 0.320. The van der Waals surface area contributed by atoms with Gasteiger partial charge in [0.25, 0.3) is 0 Å². The molecule has 0 amide bonds. The molecule has 3 atom stereocenters. The second-order valence-corrected chi connectivity index (χ2v) is 6.56. The Kier molecular flexibility index (Phi) is 7.29. The van der Waals surface area contributed by atoms with E-state index in [-0.39, 0.29) is 0 Å². The first-order valence-corrected chi connectivity index (χ1v) is 7.68. The number of nitrogens with zero attached hydrogens (tertiary/aromatic N) is 2. The van der Waals surface area contributed by atoms with Crippen molar-refractivity contribution in [1.29, 1.82) is 0 Å². The molecule has 0 radical (unpaired) electrons. The van der Waals surface area contributed by atoms with Crippen molar-refractivity contribution in [1.82, 2.24) is 9.80 Å². The second kappa shape index (κ2) is 8.20. The maximum Gasteiger partial charge on any atom is 0.0747 e. The fraction of sp³-hybridized carbons (Fsp3) is 1.00. The third-order valence-electron chi connectivity index (χ3n) is 3.84. The molecule has 4 heteroatoms. The van der Waals surface area contributed by atoms with Gasteiger partial charge in [0.05, 0.1) is 12.2 Å². The van der Waals surface area contributed by atoms with Crippen LogP contribution < -0.4 is 5.73 Å². The van der Waals surface area contributed by atoms with E-state index in [0.29, 0.717) is 30.7 Å². The molecule has 1 fully saturated rings. The van der Waals surface area contributed by atoms with Gasteiger partial charge in [0.1, 0.15) is 0 Å². The normalized spacial score (nSPS) is 25.7. The first kappa shape index (κ1) is 16.9. The molecule has 1 aliphatic rings. The van der Waals surface area contributed by atoms with E-state index in [1.54, 1.807) is 0 Å². The molecule has 0 aromatic heterocycles. The molecule has 0 bridgehead atoms. The minimum Gasteiger partial charge on any atom is -0.374 e. The summed E-state index contributed by atoms with van der Waals surface area (Å²) >= 11 is 0. The molecule has 19 heavy (non-hydrogen) atoms. The van der Waals surface area contributed by atoms with Gasteiger partial charge in [-0.05, 0) is 39.8 Å². The van der Waals surface area contributed by atoms with Crippen molar-refractivity contribution < 1.29 is 4.74 Å². The Morgan fingerprint density at radius 3 is 2.32 bits per heavy atom. The van der Waals surface area contributed by atoms with E-state index in [9.17, 15) is 0 Å². The van der Waals surface area contributed by atoms with Gasteiger partial charge in [-0.1, -0.05) is 13.8 Å². The van der Waals surface area contributed by atoms with Crippen molar-refractivity contribution in [3.05, 3.63) is 0 Å². The zero-order valence-electron chi connectivity index (χ0n) is 13.4. The molecule has 1 rings (SSSR count). The quantitative estimate of drug-likeness (QED) is 0.724. The van der Waals surface area contributed by atoms with Gasteiger partial charge < -0.3 is 15.4 Å². The number of likely N-dealkylation sites (N-methyl/N-ethyl adjacent to an activating group) is 1. The number of nitrogens with two attached hydrogens (primary N) is 1. The summed E-state index contributed by atoms with van der Waals surface area (Å²) < 4.78 is 6.05. The Balaban J connectivity index is 2.62. The van der Waals surface area contributed by atoms with Crippen LogP contribution in [0.3, 0.4) is 0 Å². The van der Waals surface area contributed by atoms with Crippen molar-refractivity contribution in [3.8, 4) is 0 Å². The zero-order valence-corrected chi connectivity index (χ0v) is 13.4. The Morgan fingerprint density at radius 2 is 1.89 bits per heavy atom. The van der Waals surface area contributed by atoms with Gasteiger partial charge in [0, 0.05) is 32.2 Å². The summed E-state index contributed by atoms with van der Waals surface area (Å²) in [5.74, 6) is 0.662. The highest BCUT2D eigenvalue weighted by Crippen LogP contribution is 2.24. The van der Waals surface area contributed by atoms with Gasteiger partial charge in [-0.2, -0.15) is 0 Å². The summed E-state index contributed by atoms with van der Waals surface area (Å²) in [6.07, 6.45) is 3.04. The number of hydrogen-bond donors (Lipinski definition) is 1. The fourth-order valence-corrected chi connectivity index (χ4v) is 2.84. The molecule has 1 heterocycles. The Hall–Kier alpha value is -0.160. The molecule has 4 nitrogen and oxygen atoms in total. The average Bonchev–Trinajstić information content (AvgIpc) is 2.72. The molecular formula is C15H33N3O. The molecule has 2 N–H and O–H groups in total. The number of rotatable bonds is 8. The van der Waals surface area contributed by atoms with Crippen LogP contribution in [0.15, 0.2) is 0 Å². The molecule has 0 aromatic rings. The number of ether oxygens (including phenoxy) is 1. The highest BCUT2D eigenvalue weighted by molar-refractivity contribution is 4.86. The van der Waals surface area contributed by atoms with E-state index in [0.717, 1.165) is 26.1 Å². The largest absolute Gasteiger partial charge is 0.374 e. The van der Waals surface area contributed by atoms with Gasteiger partial charge in [0.15, 0.2) is 0 Å². The summed E-state index contributed by atoms with van der Waals surface area (Å²) in [7, 11) is 4.25.